The fourth-order valence-electron chi connectivity index (χ4n) is 1.37. The zero-order valence-corrected chi connectivity index (χ0v) is 10.6. The maximum Gasteiger partial charge on any atom is 0.307 e. The van der Waals surface area contributed by atoms with Crippen molar-refractivity contribution in [3.8, 4) is 10.9 Å². The number of carboxylic acids is 1. The van der Waals surface area contributed by atoms with Crippen LogP contribution in [0.3, 0.4) is 0 Å². The molecule has 6 heteroatoms. The molecule has 1 N–H and O–H groups in total. The first kappa shape index (κ1) is 12.5. The van der Waals surface area contributed by atoms with E-state index in [1.165, 1.54) is 11.5 Å². The third-order valence-corrected chi connectivity index (χ3v) is 2.88. The molecular formula is C12H12N2O3S. The molecule has 0 radical (unpaired) electrons. The van der Waals surface area contributed by atoms with Crippen LogP contribution in [0.25, 0.3) is 0 Å². The third-order valence-electron chi connectivity index (χ3n) is 2.25. The predicted molar refractivity (Wildman–Crippen MR) is 67.1 cm³/mol. The van der Waals surface area contributed by atoms with Crippen molar-refractivity contribution in [1.29, 1.82) is 0 Å². The second kappa shape index (κ2) is 5.59. The SMILES string of the molecule is CCc1nsc(Oc2ccc(CC(=O)O)cc2)n1. The van der Waals surface area contributed by atoms with Gasteiger partial charge in [-0.25, -0.2) is 0 Å². The molecule has 0 atom stereocenters. The van der Waals surface area contributed by atoms with Crippen LogP contribution in [0.4, 0.5) is 0 Å². The van der Waals surface area contributed by atoms with Gasteiger partial charge in [0, 0.05) is 18.0 Å². The monoisotopic (exact) mass is 264 g/mol. The number of aliphatic carboxylic acids is 1. The second-order valence-electron chi connectivity index (χ2n) is 3.65. The van der Waals surface area contributed by atoms with E-state index in [9.17, 15) is 4.79 Å². The summed E-state index contributed by atoms with van der Waals surface area (Å²) in [6, 6.07) is 6.91. The lowest BCUT2D eigenvalue weighted by Gasteiger charge is -2.02. The first-order valence-corrected chi connectivity index (χ1v) is 6.26. The van der Waals surface area contributed by atoms with E-state index in [-0.39, 0.29) is 6.42 Å². The van der Waals surface area contributed by atoms with Gasteiger partial charge in [0.25, 0.3) is 5.19 Å². The number of rotatable bonds is 5. The van der Waals surface area contributed by atoms with Crippen molar-refractivity contribution in [2.75, 3.05) is 0 Å². The number of carbonyl (C=O) groups is 1. The van der Waals surface area contributed by atoms with Gasteiger partial charge < -0.3 is 9.84 Å². The molecule has 0 saturated carbocycles. The molecule has 0 bridgehead atoms. The number of hydrogen-bond donors (Lipinski definition) is 1. The van der Waals surface area contributed by atoms with Crippen molar-refractivity contribution >= 4 is 17.5 Å². The van der Waals surface area contributed by atoms with Crippen molar-refractivity contribution in [1.82, 2.24) is 9.36 Å². The Balaban J connectivity index is 2.03. The molecule has 0 saturated heterocycles. The van der Waals surface area contributed by atoms with Crippen molar-refractivity contribution in [3.05, 3.63) is 35.7 Å². The standard InChI is InChI=1S/C12H12N2O3S/c1-2-10-13-12(18-14-10)17-9-5-3-8(4-6-9)7-11(15)16/h3-6H,2,7H2,1H3,(H,15,16). The highest BCUT2D eigenvalue weighted by Gasteiger charge is 2.05. The number of aryl methyl sites for hydroxylation is 1. The van der Waals surface area contributed by atoms with Crippen LogP contribution >= 0.6 is 11.5 Å². The molecule has 0 fully saturated rings. The van der Waals surface area contributed by atoms with Crippen LogP contribution in [0, 0.1) is 0 Å². The van der Waals surface area contributed by atoms with E-state index in [1.54, 1.807) is 24.3 Å². The topological polar surface area (TPSA) is 72.3 Å². The molecule has 1 heterocycles. The number of nitrogens with zero attached hydrogens (tertiary/aromatic N) is 2. The number of ether oxygens (including phenoxy) is 1. The first-order chi connectivity index (χ1) is 8.67. The zero-order chi connectivity index (χ0) is 13.0. The molecule has 2 aromatic rings. The summed E-state index contributed by atoms with van der Waals surface area (Å²) in [4.78, 5) is 14.7. The Labute approximate surface area is 108 Å². The lowest BCUT2D eigenvalue weighted by molar-refractivity contribution is -0.136. The molecule has 5 nitrogen and oxygen atoms in total. The van der Waals surface area contributed by atoms with Crippen LogP contribution < -0.4 is 4.74 Å². The minimum absolute atomic E-state index is 0.0130. The highest BCUT2D eigenvalue weighted by Crippen LogP contribution is 2.23. The summed E-state index contributed by atoms with van der Waals surface area (Å²) in [7, 11) is 0. The molecule has 1 aromatic carbocycles. The van der Waals surface area contributed by atoms with Gasteiger partial charge in [-0.2, -0.15) is 9.36 Å². The second-order valence-corrected chi connectivity index (χ2v) is 4.36. The fourth-order valence-corrected chi connectivity index (χ4v) is 2.01. The molecule has 18 heavy (non-hydrogen) atoms. The molecule has 2 rings (SSSR count). The van der Waals surface area contributed by atoms with E-state index in [0.29, 0.717) is 10.9 Å². The van der Waals surface area contributed by atoms with E-state index < -0.39 is 5.97 Å². The van der Waals surface area contributed by atoms with E-state index in [0.717, 1.165) is 17.8 Å². The number of hydrogen-bond acceptors (Lipinski definition) is 5. The van der Waals surface area contributed by atoms with Gasteiger partial charge in [0.05, 0.1) is 6.42 Å². The van der Waals surface area contributed by atoms with Crippen LogP contribution in [0.5, 0.6) is 10.9 Å². The van der Waals surface area contributed by atoms with Crippen LogP contribution in [-0.2, 0) is 17.6 Å². The summed E-state index contributed by atoms with van der Waals surface area (Å²) in [5.41, 5.74) is 0.737. The Morgan fingerprint density at radius 2 is 2.11 bits per heavy atom. The first-order valence-electron chi connectivity index (χ1n) is 5.48. The molecule has 1 aromatic heterocycles. The van der Waals surface area contributed by atoms with Gasteiger partial charge in [-0.1, -0.05) is 19.1 Å². The highest BCUT2D eigenvalue weighted by atomic mass is 32.1. The number of benzene rings is 1. The van der Waals surface area contributed by atoms with Crippen LogP contribution in [-0.4, -0.2) is 20.4 Å². The molecule has 0 aliphatic carbocycles. The number of aromatic nitrogens is 2. The summed E-state index contributed by atoms with van der Waals surface area (Å²) >= 11 is 1.21. The smallest absolute Gasteiger partial charge is 0.307 e. The number of carboxylic acid groups (broad SMARTS) is 1. The Morgan fingerprint density at radius 1 is 1.39 bits per heavy atom. The molecule has 0 unspecified atom stereocenters. The largest absolute Gasteiger partial charge is 0.481 e. The van der Waals surface area contributed by atoms with E-state index in [2.05, 4.69) is 9.36 Å². The van der Waals surface area contributed by atoms with E-state index in [1.807, 2.05) is 6.92 Å². The quantitative estimate of drug-likeness (QED) is 0.898. The zero-order valence-electron chi connectivity index (χ0n) is 9.79. The average molecular weight is 264 g/mol. The molecule has 0 spiro atoms. The summed E-state index contributed by atoms with van der Waals surface area (Å²) < 4.78 is 9.63. The molecular weight excluding hydrogens is 252 g/mol. The third kappa shape index (κ3) is 3.27. The van der Waals surface area contributed by atoms with Crippen molar-refractivity contribution < 1.29 is 14.6 Å². The Hall–Kier alpha value is -1.95. The fraction of sp³-hybridized carbons (Fsp3) is 0.250. The van der Waals surface area contributed by atoms with Crippen LogP contribution in [0.2, 0.25) is 0 Å². The molecule has 0 aliphatic heterocycles. The summed E-state index contributed by atoms with van der Waals surface area (Å²) in [5, 5.41) is 9.15. The Morgan fingerprint density at radius 3 is 2.67 bits per heavy atom. The van der Waals surface area contributed by atoms with Crippen LogP contribution in [0.15, 0.2) is 24.3 Å². The summed E-state index contributed by atoms with van der Waals surface area (Å²) in [5.74, 6) is 0.542. The van der Waals surface area contributed by atoms with Gasteiger partial charge in [-0.15, -0.1) is 0 Å². The van der Waals surface area contributed by atoms with Crippen LogP contribution in [0.1, 0.15) is 18.3 Å². The predicted octanol–water partition coefficient (Wildman–Crippen LogP) is 2.52. The summed E-state index contributed by atoms with van der Waals surface area (Å²) in [6.07, 6.45) is 0.788. The summed E-state index contributed by atoms with van der Waals surface area (Å²) in [6.45, 7) is 1.98. The lowest BCUT2D eigenvalue weighted by Crippen LogP contribution is -1.99. The average Bonchev–Trinajstić information content (AvgIpc) is 2.79. The minimum Gasteiger partial charge on any atom is -0.481 e. The Bertz CT molecular complexity index is 537. The van der Waals surface area contributed by atoms with Gasteiger partial charge in [-0.3, -0.25) is 4.79 Å². The van der Waals surface area contributed by atoms with E-state index in [4.69, 9.17) is 9.84 Å². The van der Waals surface area contributed by atoms with Crippen molar-refractivity contribution in [2.24, 2.45) is 0 Å². The van der Waals surface area contributed by atoms with Gasteiger partial charge in [0.1, 0.15) is 11.6 Å². The minimum atomic E-state index is -0.847. The maximum absolute atomic E-state index is 10.5. The highest BCUT2D eigenvalue weighted by molar-refractivity contribution is 7.07. The van der Waals surface area contributed by atoms with Gasteiger partial charge in [-0.05, 0) is 17.7 Å². The van der Waals surface area contributed by atoms with Crippen molar-refractivity contribution in [3.63, 3.8) is 0 Å². The van der Waals surface area contributed by atoms with Gasteiger partial charge in [0.15, 0.2) is 0 Å². The molecule has 0 amide bonds. The van der Waals surface area contributed by atoms with Gasteiger partial charge >= 0.3 is 5.97 Å². The maximum atomic E-state index is 10.5. The molecule has 94 valence electrons. The Kier molecular flexibility index (Phi) is 3.88. The van der Waals surface area contributed by atoms with Gasteiger partial charge in [0.2, 0.25) is 0 Å². The lowest BCUT2D eigenvalue weighted by atomic mass is 10.1. The molecule has 0 aliphatic rings. The van der Waals surface area contributed by atoms with E-state index >= 15 is 0 Å². The van der Waals surface area contributed by atoms with Crippen molar-refractivity contribution in [2.45, 2.75) is 19.8 Å². The normalized spacial score (nSPS) is 10.3.